The lowest BCUT2D eigenvalue weighted by Gasteiger charge is -2.32. The normalized spacial score (nSPS) is 26.7. The molecule has 2 aromatic rings. The topological polar surface area (TPSA) is 54.1 Å². The largest absolute Gasteiger partial charge is 0.517 e. The van der Waals surface area contributed by atoms with Crippen LogP contribution in [0.3, 0.4) is 0 Å². The summed E-state index contributed by atoms with van der Waals surface area (Å²) in [5.74, 6) is 0. The number of carbonyl (C=O) groups excluding carboxylic acids is 1. The highest BCUT2D eigenvalue weighted by molar-refractivity contribution is 6.74. The van der Waals surface area contributed by atoms with Crippen LogP contribution in [-0.4, -0.2) is 49.3 Å². The van der Waals surface area contributed by atoms with Crippen LogP contribution in [0.5, 0.6) is 0 Å². The van der Waals surface area contributed by atoms with Gasteiger partial charge in [0.05, 0.1) is 31.8 Å². The first-order valence-corrected chi connectivity index (χ1v) is 8.52. The molecule has 2 saturated heterocycles. The van der Waals surface area contributed by atoms with Crippen molar-refractivity contribution in [1.82, 2.24) is 4.57 Å². The van der Waals surface area contributed by atoms with Crippen LogP contribution < -0.4 is 10.4 Å². The molecule has 0 amide bonds. The minimum absolute atomic E-state index is 0.389. The summed E-state index contributed by atoms with van der Waals surface area (Å²) in [6, 6.07) is 9.82. The second kappa shape index (κ2) is 5.34. The molecule has 0 atom stereocenters. The Hall–Kier alpha value is -1.83. The van der Waals surface area contributed by atoms with Gasteiger partial charge in [0.25, 0.3) is 0 Å². The van der Waals surface area contributed by atoms with Crippen molar-refractivity contribution in [3.8, 4) is 0 Å². The molecule has 0 saturated carbocycles. The average Bonchev–Trinajstić information content (AvgIpc) is 3.16. The molecule has 0 aliphatic carbocycles. The standard InChI is InChI=1S/C17H23BN2O4/c1-17(2,3)24-16(21)20-14-7-5-4-6-13(14)12-15(20)18-19(8-10-22-18)9-11-23-18/h4-7,12,19H,8-11H2,1-3H3. The van der Waals surface area contributed by atoms with Crippen LogP contribution in [0, 0.1) is 0 Å². The Morgan fingerprint density at radius 3 is 2.54 bits per heavy atom. The molecule has 24 heavy (non-hydrogen) atoms. The molecular weight excluding hydrogens is 307 g/mol. The van der Waals surface area contributed by atoms with E-state index in [1.54, 1.807) is 4.57 Å². The number of hydrogen-bond donors (Lipinski definition) is 1. The van der Waals surface area contributed by atoms with Crippen molar-refractivity contribution in [2.75, 3.05) is 26.3 Å². The highest BCUT2D eigenvalue weighted by Gasteiger charge is 2.53. The van der Waals surface area contributed by atoms with Crippen LogP contribution in [-0.2, 0) is 14.0 Å². The molecule has 0 bridgehead atoms. The number of quaternary nitrogens is 1. The molecule has 2 aliphatic rings. The highest BCUT2D eigenvalue weighted by Crippen LogP contribution is 2.20. The fourth-order valence-corrected chi connectivity index (χ4v) is 3.85. The zero-order valence-electron chi connectivity index (χ0n) is 14.4. The summed E-state index contributed by atoms with van der Waals surface area (Å²) in [6.45, 7) is 7.00. The van der Waals surface area contributed by atoms with Crippen molar-refractivity contribution in [3.63, 3.8) is 0 Å². The number of nitrogens with one attached hydrogen (secondary N) is 1. The van der Waals surface area contributed by atoms with E-state index in [0.29, 0.717) is 13.2 Å². The zero-order valence-corrected chi connectivity index (χ0v) is 14.4. The summed E-state index contributed by atoms with van der Waals surface area (Å²) < 4.78 is 19.4. The highest BCUT2D eigenvalue weighted by atomic mass is 16.6. The lowest BCUT2D eigenvalue weighted by atomic mass is 9.67. The number of hydrogen-bond acceptors (Lipinski definition) is 4. The van der Waals surface area contributed by atoms with Crippen LogP contribution >= 0.6 is 0 Å². The first-order chi connectivity index (χ1) is 11.4. The lowest BCUT2D eigenvalue weighted by Crippen LogP contribution is -3.21. The van der Waals surface area contributed by atoms with Gasteiger partial charge in [-0.2, -0.15) is 0 Å². The van der Waals surface area contributed by atoms with Crippen molar-refractivity contribution in [1.29, 1.82) is 0 Å². The summed E-state index contributed by atoms with van der Waals surface area (Å²) in [5, 5.41) is 0.986. The summed E-state index contributed by atoms with van der Waals surface area (Å²) >= 11 is 0. The zero-order chi connectivity index (χ0) is 16.9. The Morgan fingerprint density at radius 1 is 1.21 bits per heavy atom. The number of para-hydroxylation sites is 1. The maximum Gasteiger partial charge on any atom is 0.517 e. The van der Waals surface area contributed by atoms with Crippen LogP contribution in [0.1, 0.15) is 20.8 Å². The number of rotatable bonds is 1. The number of carbonyl (C=O) groups is 1. The second-order valence-electron chi connectivity index (χ2n) is 7.56. The third-order valence-electron chi connectivity index (χ3n) is 4.79. The van der Waals surface area contributed by atoms with Gasteiger partial charge in [-0.1, -0.05) is 24.3 Å². The summed E-state index contributed by atoms with van der Waals surface area (Å²) in [5.41, 5.74) is 1.03. The SMILES string of the molecule is CC(C)(C)OC(=O)n1c([B-]23OCC[NH+]2CCO3)cc2ccccc21. The number of benzene rings is 1. The molecule has 3 heterocycles. The van der Waals surface area contributed by atoms with Gasteiger partial charge in [0.1, 0.15) is 5.60 Å². The number of aromatic nitrogens is 1. The molecule has 4 rings (SSSR count). The van der Waals surface area contributed by atoms with E-state index in [9.17, 15) is 4.79 Å². The van der Waals surface area contributed by atoms with Gasteiger partial charge < -0.3 is 18.9 Å². The first kappa shape index (κ1) is 15.7. The molecule has 0 radical (unpaired) electrons. The molecule has 128 valence electrons. The van der Waals surface area contributed by atoms with Crippen LogP contribution in [0.25, 0.3) is 10.9 Å². The molecular formula is C17H23BN2O4. The summed E-state index contributed by atoms with van der Waals surface area (Å²) in [7, 11) is 0. The van der Waals surface area contributed by atoms with Gasteiger partial charge in [0.2, 0.25) is 0 Å². The maximum atomic E-state index is 12.9. The van der Waals surface area contributed by atoms with Crippen molar-refractivity contribution in [2.45, 2.75) is 26.4 Å². The summed E-state index contributed by atoms with van der Waals surface area (Å²) in [4.78, 5) is 14.2. The van der Waals surface area contributed by atoms with Crippen LogP contribution in [0.2, 0.25) is 0 Å². The fraction of sp³-hybridized carbons (Fsp3) is 0.471. The molecule has 0 unspecified atom stereocenters. The monoisotopic (exact) mass is 330 g/mol. The van der Waals surface area contributed by atoms with Gasteiger partial charge in [-0.3, -0.25) is 4.57 Å². The number of fused-ring (bicyclic) bond motifs is 2. The minimum atomic E-state index is -1.70. The van der Waals surface area contributed by atoms with E-state index in [2.05, 4.69) is 0 Å². The Balaban J connectivity index is 1.89. The Morgan fingerprint density at radius 2 is 1.88 bits per heavy atom. The van der Waals surface area contributed by atoms with E-state index in [-0.39, 0.29) is 6.09 Å². The Kier molecular flexibility index (Phi) is 3.49. The minimum Gasteiger partial charge on any atom is -0.505 e. The van der Waals surface area contributed by atoms with E-state index >= 15 is 0 Å². The molecule has 0 spiro atoms. The van der Waals surface area contributed by atoms with E-state index < -0.39 is 12.3 Å². The first-order valence-electron chi connectivity index (χ1n) is 8.52. The Labute approximate surface area is 141 Å². The quantitative estimate of drug-likeness (QED) is 0.775. The molecule has 2 fully saturated rings. The third-order valence-corrected chi connectivity index (χ3v) is 4.79. The fourth-order valence-electron chi connectivity index (χ4n) is 3.85. The smallest absolute Gasteiger partial charge is 0.505 e. The third kappa shape index (κ3) is 2.35. The van der Waals surface area contributed by atoms with Crippen molar-refractivity contribution < 1.29 is 23.7 Å². The second-order valence-corrected chi connectivity index (χ2v) is 7.56. The number of ether oxygens (including phenoxy) is 1. The van der Waals surface area contributed by atoms with E-state index in [0.717, 1.165) is 29.6 Å². The van der Waals surface area contributed by atoms with E-state index in [1.165, 1.54) is 4.81 Å². The molecule has 6 nitrogen and oxygen atoms in total. The maximum absolute atomic E-state index is 12.9. The van der Waals surface area contributed by atoms with Crippen molar-refractivity contribution in [2.24, 2.45) is 0 Å². The molecule has 1 aromatic heterocycles. The van der Waals surface area contributed by atoms with Gasteiger partial charge in [0.15, 0.2) is 0 Å². The molecule has 2 aliphatic heterocycles. The van der Waals surface area contributed by atoms with Crippen LogP contribution in [0.15, 0.2) is 30.3 Å². The van der Waals surface area contributed by atoms with Gasteiger partial charge in [0, 0.05) is 0 Å². The molecule has 7 heteroatoms. The van der Waals surface area contributed by atoms with E-state index in [1.807, 2.05) is 51.1 Å². The van der Waals surface area contributed by atoms with Crippen molar-refractivity contribution >= 4 is 29.3 Å². The van der Waals surface area contributed by atoms with Gasteiger partial charge >= 0.3 is 12.8 Å². The Bertz CT molecular complexity index is 785. The summed E-state index contributed by atoms with van der Waals surface area (Å²) in [6.07, 6.45) is -0.389. The average molecular weight is 330 g/mol. The lowest BCUT2D eigenvalue weighted by molar-refractivity contribution is -0.781. The predicted octanol–water partition coefficient (Wildman–Crippen LogP) is 0.516. The molecule has 1 aromatic carbocycles. The van der Waals surface area contributed by atoms with Gasteiger partial charge in [-0.15, -0.1) is 0 Å². The van der Waals surface area contributed by atoms with Crippen LogP contribution in [0.4, 0.5) is 4.79 Å². The van der Waals surface area contributed by atoms with Gasteiger partial charge in [-0.25, -0.2) is 4.79 Å². The van der Waals surface area contributed by atoms with Crippen molar-refractivity contribution in [3.05, 3.63) is 30.3 Å². The van der Waals surface area contributed by atoms with E-state index in [4.69, 9.17) is 14.0 Å². The van der Waals surface area contributed by atoms with Gasteiger partial charge in [-0.05, 0) is 37.8 Å². The number of nitrogens with zero attached hydrogens (tertiary/aromatic N) is 1. The molecule has 1 N–H and O–H groups in total. The predicted molar refractivity (Wildman–Crippen MR) is 91.6 cm³/mol.